The second-order valence-electron chi connectivity index (χ2n) is 4.49. The Morgan fingerprint density at radius 3 is 2.68 bits per heavy atom. The fraction of sp³-hybridized carbons (Fsp3) is 0.538. The summed E-state index contributed by atoms with van der Waals surface area (Å²) in [7, 11) is 5.52. The van der Waals surface area contributed by atoms with Crippen molar-refractivity contribution in [3.63, 3.8) is 0 Å². The second kappa shape index (κ2) is 5.88. The number of ether oxygens (including phenoxy) is 1. The third-order valence-corrected chi connectivity index (χ3v) is 3.12. The second-order valence-corrected chi connectivity index (χ2v) is 4.49. The number of methoxy groups -OCH3 is 1. The summed E-state index contributed by atoms with van der Waals surface area (Å²) < 4.78 is 9.22. The van der Waals surface area contributed by atoms with Crippen LogP contribution in [0.3, 0.4) is 0 Å². The van der Waals surface area contributed by atoms with Crippen LogP contribution in [-0.2, 0) is 13.6 Å². The SMILES string of the molecule is CCCn1ncc(OC)c1C(NC)c1cnn(C)c1. The van der Waals surface area contributed by atoms with Gasteiger partial charge in [0.2, 0.25) is 0 Å². The van der Waals surface area contributed by atoms with Gasteiger partial charge in [0.15, 0.2) is 5.75 Å². The van der Waals surface area contributed by atoms with Gasteiger partial charge in [-0.25, -0.2) is 0 Å². The van der Waals surface area contributed by atoms with Crippen LogP contribution in [0, 0.1) is 0 Å². The van der Waals surface area contributed by atoms with Crippen molar-refractivity contribution in [3.05, 3.63) is 29.8 Å². The maximum atomic E-state index is 5.43. The average Bonchev–Trinajstić information content (AvgIpc) is 2.99. The molecule has 0 aliphatic heterocycles. The molecule has 0 saturated carbocycles. The molecule has 2 aromatic rings. The molecule has 2 heterocycles. The maximum Gasteiger partial charge on any atom is 0.161 e. The van der Waals surface area contributed by atoms with Crippen LogP contribution in [0.4, 0.5) is 0 Å². The summed E-state index contributed by atoms with van der Waals surface area (Å²) in [5, 5.41) is 11.9. The van der Waals surface area contributed by atoms with Crippen LogP contribution in [0.15, 0.2) is 18.6 Å². The third-order valence-electron chi connectivity index (χ3n) is 3.12. The molecule has 0 aromatic carbocycles. The first-order valence-corrected chi connectivity index (χ1v) is 6.46. The van der Waals surface area contributed by atoms with Gasteiger partial charge in [0.25, 0.3) is 0 Å². The van der Waals surface area contributed by atoms with Crippen molar-refractivity contribution in [2.75, 3.05) is 14.2 Å². The highest BCUT2D eigenvalue weighted by Crippen LogP contribution is 2.29. The van der Waals surface area contributed by atoms with Crippen molar-refractivity contribution in [2.24, 2.45) is 7.05 Å². The minimum Gasteiger partial charge on any atom is -0.493 e. The van der Waals surface area contributed by atoms with Gasteiger partial charge < -0.3 is 10.1 Å². The summed E-state index contributed by atoms with van der Waals surface area (Å²) in [6, 6.07) is 0.0256. The molecule has 0 saturated heterocycles. The summed E-state index contributed by atoms with van der Waals surface area (Å²) >= 11 is 0. The molecule has 2 rings (SSSR count). The van der Waals surface area contributed by atoms with Gasteiger partial charge >= 0.3 is 0 Å². The fourth-order valence-electron chi connectivity index (χ4n) is 2.27. The Balaban J connectivity index is 2.44. The summed E-state index contributed by atoms with van der Waals surface area (Å²) in [5.41, 5.74) is 2.14. The van der Waals surface area contributed by atoms with Crippen LogP contribution < -0.4 is 10.1 Å². The molecule has 0 radical (unpaired) electrons. The topological polar surface area (TPSA) is 56.9 Å². The molecule has 1 atom stereocenters. The van der Waals surface area contributed by atoms with Gasteiger partial charge in [0, 0.05) is 25.4 Å². The quantitative estimate of drug-likeness (QED) is 0.854. The smallest absolute Gasteiger partial charge is 0.161 e. The normalized spacial score (nSPS) is 12.6. The predicted molar refractivity (Wildman–Crippen MR) is 73.2 cm³/mol. The lowest BCUT2D eigenvalue weighted by Gasteiger charge is -2.18. The van der Waals surface area contributed by atoms with Crippen molar-refractivity contribution in [1.29, 1.82) is 0 Å². The molecule has 0 aliphatic rings. The van der Waals surface area contributed by atoms with E-state index in [2.05, 4.69) is 22.4 Å². The summed E-state index contributed by atoms with van der Waals surface area (Å²) in [5.74, 6) is 0.802. The molecular formula is C13H21N5O. The zero-order valence-corrected chi connectivity index (χ0v) is 11.9. The summed E-state index contributed by atoms with van der Waals surface area (Å²) in [6.07, 6.45) is 6.67. The fourth-order valence-corrected chi connectivity index (χ4v) is 2.27. The highest BCUT2D eigenvalue weighted by Gasteiger charge is 2.23. The number of nitrogens with zero attached hydrogens (tertiary/aromatic N) is 4. The molecule has 0 amide bonds. The van der Waals surface area contributed by atoms with Crippen LogP contribution in [0.5, 0.6) is 5.75 Å². The first kappa shape index (κ1) is 13.6. The van der Waals surface area contributed by atoms with Gasteiger partial charge in [-0.15, -0.1) is 0 Å². The lowest BCUT2D eigenvalue weighted by atomic mass is 10.1. The van der Waals surface area contributed by atoms with Crippen LogP contribution >= 0.6 is 0 Å². The largest absolute Gasteiger partial charge is 0.493 e. The Hall–Kier alpha value is -1.82. The Bertz CT molecular complexity index is 531. The molecule has 1 N–H and O–H groups in total. The van der Waals surface area contributed by atoms with Gasteiger partial charge in [0.05, 0.1) is 25.5 Å². The number of rotatable bonds is 6. The van der Waals surface area contributed by atoms with E-state index in [1.54, 1.807) is 18.0 Å². The van der Waals surface area contributed by atoms with Crippen LogP contribution in [0.2, 0.25) is 0 Å². The molecule has 0 spiro atoms. The highest BCUT2D eigenvalue weighted by atomic mass is 16.5. The monoisotopic (exact) mass is 263 g/mol. The molecule has 0 fully saturated rings. The van der Waals surface area contributed by atoms with E-state index in [4.69, 9.17) is 4.74 Å². The van der Waals surface area contributed by atoms with Gasteiger partial charge in [-0.2, -0.15) is 10.2 Å². The van der Waals surface area contributed by atoms with Gasteiger partial charge in [-0.3, -0.25) is 9.36 Å². The number of hydrogen-bond donors (Lipinski definition) is 1. The molecule has 6 nitrogen and oxygen atoms in total. The Kier molecular flexibility index (Phi) is 4.21. The first-order chi connectivity index (χ1) is 9.21. The zero-order chi connectivity index (χ0) is 13.8. The van der Waals surface area contributed by atoms with Crippen LogP contribution in [-0.4, -0.2) is 33.7 Å². The van der Waals surface area contributed by atoms with Crippen LogP contribution in [0.25, 0.3) is 0 Å². The minimum atomic E-state index is 0.0256. The number of aromatic nitrogens is 4. The van der Waals surface area contributed by atoms with E-state index in [-0.39, 0.29) is 6.04 Å². The van der Waals surface area contributed by atoms with Crippen molar-refractivity contribution in [1.82, 2.24) is 24.9 Å². The molecule has 19 heavy (non-hydrogen) atoms. The van der Waals surface area contributed by atoms with Gasteiger partial charge in [0.1, 0.15) is 5.69 Å². The first-order valence-electron chi connectivity index (χ1n) is 6.46. The van der Waals surface area contributed by atoms with Gasteiger partial charge in [-0.05, 0) is 13.5 Å². The Morgan fingerprint density at radius 2 is 2.16 bits per heavy atom. The highest BCUT2D eigenvalue weighted by molar-refractivity contribution is 5.34. The van der Waals surface area contributed by atoms with E-state index in [1.165, 1.54) is 0 Å². The Morgan fingerprint density at radius 1 is 1.37 bits per heavy atom. The zero-order valence-electron chi connectivity index (χ0n) is 11.9. The van der Waals surface area contributed by atoms with Crippen molar-refractivity contribution >= 4 is 0 Å². The van der Waals surface area contributed by atoms with Crippen molar-refractivity contribution in [3.8, 4) is 5.75 Å². The number of hydrogen-bond acceptors (Lipinski definition) is 4. The van der Waals surface area contributed by atoms with Crippen molar-refractivity contribution < 1.29 is 4.74 Å². The molecule has 1 unspecified atom stereocenters. The van der Waals surface area contributed by atoms with E-state index in [0.29, 0.717) is 0 Å². The number of nitrogens with one attached hydrogen (secondary N) is 1. The lowest BCUT2D eigenvalue weighted by Crippen LogP contribution is -2.22. The van der Waals surface area contributed by atoms with E-state index in [1.807, 2.05) is 31.2 Å². The van der Waals surface area contributed by atoms with Gasteiger partial charge in [-0.1, -0.05) is 6.92 Å². The van der Waals surface area contributed by atoms with E-state index < -0.39 is 0 Å². The minimum absolute atomic E-state index is 0.0256. The van der Waals surface area contributed by atoms with Crippen molar-refractivity contribution in [2.45, 2.75) is 25.9 Å². The Labute approximate surface area is 113 Å². The maximum absolute atomic E-state index is 5.43. The van der Waals surface area contributed by atoms with E-state index >= 15 is 0 Å². The molecule has 2 aromatic heterocycles. The lowest BCUT2D eigenvalue weighted by molar-refractivity contribution is 0.400. The van der Waals surface area contributed by atoms with E-state index in [0.717, 1.165) is 30.0 Å². The molecule has 0 bridgehead atoms. The molecule has 104 valence electrons. The summed E-state index contributed by atoms with van der Waals surface area (Å²) in [6.45, 7) is 3.01. The molecule has 0 aliphatic carbocycles. The summed E-state index contributed by atoms with van der Waals surface area (Å²) in [4.78, 5) is 0. The predicted octanol–water partition coefficient (Wildman–Crippen LogP) is 1.34. The standard InChI is InChI=1S/C13H21N5O/c1-5-6-18-13(11(19-4)8-16-18)12(14-2)10-7-15-17(3)9-10/h7-9,12,14H,5-6H2,1-4H3. The van der Waals surface area contributed by atoms with E-state index in [9.17, 15) is 0 Å². The molecular weight excluding hydrogens is 242 g/mol. The number of aryl methyl sites for hydroxylation is 2. The molecule has 6 heteroatoms. The van der Waals surface area contributed by atoms with Crippen LogP contribution in [0.1, 0.15) is 30.6 Å². The third kappa shape index (κ3) is 2.63. The average molecular weight is 263 g/mol.